The van der Waals surface area contributed by atoms with Crippen molar-refractivity contribution in [3.05, 3.63) is 267 Å². The van der Waals surface area contributed by atoms with Gasteiger partial charge in [-0.05, 0) is 147 Å². The van der Waals surface area contributed by atoms with Gasteiger partial charge in [-0.3, -0.25) is 0 Å². The highest BCUT2D eigenvalue weighted by Gasteiger charge is 2.18. The van der Waals surface area contributed by atoms with Crippen LogP contribution < -0.4 is 0 Å². The van der Waals surface area contributed by atoms with Gasteiger partial charge in [-0.15, -0.1) is 22.7 Å². The monoisotopic (exact) mass is 1000 g/mol. The van der Waals surface area contributed by atoms with E-state index < -0.39 is 0 Å². The minimum absolute atomic E-state index is 1.14. The average Bonchev–Trinajstić information content (AvgIpc) is 4.29. The number of aromatic nitrogens is 2. The lowest BCUT2D eigenvalue weighted by Crippen LogP contribution is -1.94. The normalized spacial score (nSPS) is 11.9. The van der Waals surface area contributed by atoms with E-state index in [1.54, 1.807) is 0 Å². The van der Waals surface area contributed by atoms with E-state index in [1.165, 1.54) is 140 Å². The molecule has 16 rings (SSSR count). The van der Waals surface area contributed by atoms with Crippen molar-refractivity contribution in [1.82, 2.24) is 9.13 Å². The number of para-hydroxylation sites is 3. The summed E-state index contributed by atoms with van der Waals surface area (Å²) in [5.74, 6) is 0. The zero-order valence-corrected chi connectivity index (χ0v) is 42.7. The molecule has 0 spiro atoms. The molecule has 4 heteroatoms. The molecular formula is C72H44N2S2. The van der Waals surface area contributed by atoms with Crippen molar-refractivity contribution in [2.75, 3.05) is 0 Å². The van der Waals surface area contributed by atoms with Gasteiger partial charge >= 0.3 is 0 Å². The van der Waals surface area contributed by atoms with Crippen LogP contribution in [0.4, 0.5) is 0 Å². The summed E-state index contributed by atoms with van der Waals surface area (Å²) in [6, 6.07) is 99.0. The number of rotatable bonds is 7. The Morgan fingerprint density at radius 1 is 0.211 bits per heavy atom. The third-order valence-electron chi connectivity index (χ3n) is 15.7. The lowest BCUT2D eigenvalue weighted by molar-refractivity contribution is 1.18. The minimum atomic E-state index is 1.14. The quantitative estimate of drug-likeness (QED) is 0.151. The predicted octanol–water partition coefficient (Wildman–Crippen LogP) is 21.0. The lowest BCUT2D eigenvalue weighted by Gasteiger charge is -2.12. The topological polar surface area (TPSA) is 9.86 Å². The van der Waals surface area contributed by atoms with E-state index in [1.807, 2.05) is 22.7 Å². The Labute approximate surface area is 446 Å². The first kappa shape index (κ1) is 43.1. The summed E-state index contributed by atoms with van der Waals surface area (Å²) in [5.41, 5.74) is 19.2. The van der Waals surface area contributed by atoms with Crippen LogP contribution in [0.5, 0.6) is 0 Å². The Kier molecular flexibility index (Phi) is 9.71. The molecule has 2 nitrogen and oxygen atoms in total. The summed E-state index contributed by atoms with van der Waals surface area (Å²) < 4.78 is 10.1. The Hall–Kier alpha value is -9.32. The zero-order chi connectivity index (χ0) is 49.8. The number of fused-ring (bicyclic) bond motifs is 12. The fraction of sp³-hybridized carbons (Fsp3) is 0. The molecule has 0 aliphatic heterocycles. The van der Waals surface area contributed by atoms with Gasteiger partial charge in [0.2, 0.25) is 0 Å². The molecule has 76 heavy (non-hydrogen) atoms. The van der Waals surface area contributed by atoms with Gasteiger partial charge in [-0.25, -0.2) is 0 Å². The zero-order valence-electron chi connectivity index (χ0n) is 41.1. The highest BCUT2D eigenvalue weighted by Crippen LogP contribution is 2.44. The van der Waals surface area contributed by atoms with Crippen LogP contribution in [0.25, 0.3) is 151 Å². The molecule has 16 aromatic rings. The van der Waals surface area contributed by atoms with E-state index in [4.69, 9.17) is 0 Å². The summed E-state index contributed by atoms with van der Waals surface area (Å²) in [5, 5.41) is 10.3. The highest BCUT2D eigenvalue weighted by atomic mass is 32.1. The lowest BCUT2D eigenvalue weighted by atomic mass is 9.97. The molecule has 4 heterocycles. The van der Waals surface area contributed by atoms with Gasteiger partial charge in [-0.1, -0.05) is 176 Å². The van der Waals surface area contributed by atoms with Crippen LogP contribution in [0, 0.1) is 0 Å². The molecule has 0 N–H and O–H groups in total. The third kappa shape index (κ3) is 6.85. The maximum absolute atomic E-state index is 2.46. The second-order valence-electron chi connectivity index (χ2n) is 20.0. The number of hydrogen-bond donors (Lipinski definition) is 0. The van der Waals surface area contributed by atoms with E-state index in [0.29, 0.717) is 0 Å². The number of benzene rings is 12. The second-order valence-corrected chi connectivity index (χ2v) is 22.2. The summed E-state index contributed by atoms with van der Waals surface area (Å²) in [4.78, 5) is 0. The van der Waals surface area contributed by atoms with Crippen molar-refractivity contribution in [3.8, 4) is 67.0 Å². The molecule has 0 aliphatic carbocycles. The Balaban J connectivity index is 0.755. The molecule has 0 bridgehead atoms. The fourth-order valence-corrected chi connectivity index (χ4v) is 14.4. The molecule has 0 amide bonds. The summed E-state index contributed by atoms with van der Waals surface area (Å²) in [6.07, 6.45) is 0. The molecular weight excluding hydrogens is 957 g/mol. The molecule has 354 valence electrons. The van der Waals surface area contributed by atoms with E-state index in [2.05, 4.69) is 276 Å². The molecule has 0 atom stereocenters. The largest absolute Gasteiger partial charge is 0.309 e. The van der Waals surface area contributed by atoms with Crippen molar-refractivity contribution in [2.24, 2.45) is 0 Å². The number of hydrogen-bond acceptors (Lipinski definition) is 2. The second kappa shape index (κ2) is 17.1. The molecule has 4 aromatic heterocycles. The Morgan fingerprint density at radius 3 is 1.20 bits per heavy atom. The van der Waals surface area contributed by atoms with E-state index in [-0.39, 0.29) is 0 Å². The van der Waals surface area contributed by atoms with Crippen LogP contribution in [0.15, 0.2) is 267 Å². The molecule has 12 aromatic carbocycles. The Morgan fingerprint density at radius 2 is 0.605 bits per heavy atom. The predicted molar refractivity (Wildman–Crippen MR) is 328 cm³/mol. The molecule has 0 fully saturated rings. The average molecular weight is 1000 g/mol. The molecule has 0 unspecified atom stereocenters. The number of nitrogens with zero attached hydrogens (tertiary/aromatic N) is 2. The van der Waals surface area contributed by atoms with Gasteiger partial charge in [0, 0.05) is 73.3 Å². The molecule has 0 saturated heterocycles. The van der Waals surface area contributed by atoms with Gasteiger partial charge in [0.25, 0.3) is 0 Å². The first-order chi connectivity index (χ1) is 37.6. The summed E-state index contributed by atoms with van der Waals surface area (Å²) >= 11 is 3.75. The van der Waals surface area contributed by atoms with Crippen LogP contribution in [0.1, 0.15) is 0 Å². The third-order valence-corrected chi connectivity index (χ3v) is 18.1. The van der Waals surface area contributed by atoms with Gasteiger partial charge in [0.05, 0.1) is 22.1 Å². The van der Waals surface area contributed by atoms with Crippen LogP contribution in [-0.2, 0) is 0 Å². The molecule has 0 aliphatic rings. The van der Waals surface area contributed by atoms with Crippen LogP contribution in [0.3, 0.4) is 0 Å². The van der Waals surface area contributed by atoms with Crippen molar-refractivity contribution in [2.45, 2.75) is 0 Å². The standard InChI is InChI=1S/C72H44N2S2/c1-5-28-65-57(22-1)58-23-2-6-29-66(58)73(65)54-20-11-17-48(40-54)45-14-9-15-46(38-45)50-33-36-70-63(42-50)64-43-51(34-37-71(64)75-70)52-32-35-60-59-24-3-7-30-67(59)74(68(60)44-52)55-21-12-18-49(41-55)47-16-10-19-53(39-47)56-26-13-27-62-61-25-4-8-31-69(61)76-72(56)62/h1-44H. The van der Waals surface area contributed by atoms with Gasteiger partial charge in [0.1, 0.15) is 0 Å². The van der Waals surface area contributed by atoms with Crippen LogP contribution in [0.2, 0.25) is 0 Å². The van der Waals surface area contributed by atoms with Crippen LogP contribution in [-0.4, -0.2) is 9.13 Å². The van der Waals surface area contributed by atoms with Crippen LogP contribution >= 0.6 is 22.7 Å². The van der Waals surface area contributed by atoms with Gasteiger partial charge in [0.15, 0.2) is 0 Å². The SMILES string of the molecule is c1cc(-c2cccc(-n3c4ccccc4c4ccccc43)c2)cc(-c2ccc3sc4ccc(-c5ccc6c7ccccc7n(-c7cccc(-c8cccc(-c9cccc%10c9sc9ccccc9%10)c8)c7)c6c5)cc4c3c2)c1. The smallest absolute Gasteiger partial charge is 0.0547 e. The number of thiophene rings is 2. The first-order valence-corrected chi connectivity index (χ1v) is 27.6. The van der Waals surface area contributed by atoms with Crippen molar-refractivity contribution < 1.29 is 0 Å². The fourth-order valence-electron chi connectivity index (χ4n) is 12.1. The van der Waals surface area contributed by atoms with E-state index in [0.717, 1.165) is 11.4 Å². The molecule has 0 saturated carbocycles. The highest BCUT2D eigenvalue weighted by molar-refractivity contribution is 7.26. The van der Waals surface area contributed by atoms with Gasteiger partial charge in [-0.2, -0.15) is 0 Å². The maximum atomic E-state index is 2.46. The maximum Gasteiger partial charge on any atom is 0.0547 e. The minimum Gasteiger partial charge on any atom is -0.309 e. The van der Waals surface area contributed by atoms with Crippen molar-refractivity contribution in [1.29, 1.82) is 0 Å². The Bertz CT molecular complexity index is 4970. The van der Waals surface area contributed by atoms with E-state index in [9.17, 15) is 0 Å². The van der Waals surface area contributed by atoms with Crippen molar-refractivity contribution >= 4 is 107 Å². The summed E-state index contributed by atoms with van der Waals surface area (Å²) in [6.45, 7) is 0. The van der Waals surface area contributed by atoms with Gasteiger partial charge < -0.3 is 9.13 Å². The first-order valence-electron chi connectivity index (χ1n) is 26.0. The van der Waals surface area contributed by atoms with Crippen molar-refractivity contribution in [3.63, 3.8) is 0 Å². The molecule has 0 radical (unpaired) electrons. The summed E-state index contributed by atoms with van der Waals surface area (Å²) in [7, 11) is 0. The van der Waals surface area contributed by atoms with E-state index >= 15 is 0 Å².